The Hall–Kier alpha value is -2.09. The first-order chi connectivity index (χ1) is 9.22. The Morgan fingerprint density at radius 2 is 1.63 bits per heavy atom. The topological polar surface area (TPSA) is 29.1 Å². The number of nitrogens with one attached hydrogen (secondary N) is 1. The van der Waals surface area contributed by atoms with Crippen LogP contribution in [-0.2, 0) is 11.2 Å². The maximum atomic E-state index is 11.8. The van der Waals surface area contributed by atoms with Gasteiger partial charge in [0.05, 0.1) is 6.42 Å². The first kappa shape index (κ1) is 13.3. The van der Waals surface area contributed by atoms with Crippen LogP contribution in [0.4, 0.5) is 0 Å². The van der Waals surface area contributed by atoms with Crippen LogP contribution < -0.4 is 5.32 Å². The molecule has 0 spiro atoms. The molecule has 0 aliphatic rings. The summed E-state index contributed by atoms with van der Waals surface area (Å²) < 4.78 is 0. The summed E-state index contributed by atoms with van der Waals surface area (Å²) in [5.74, 6) is 0.0727. The highest BCUT2D eigenvalue weighted by atomic mass is 16.1. The Morgan fingerprint density at radius 1 is 1.00 bits per heavy atom. The Balaban J connectivity index is 2.37. The average molecular weight is 253 g/mol. The quantitative estimate of drug-likeness (QED) is 0.889. The van der Waals surface area contributed by atoms with Gasteiger partial charge in [0.2, 0.25) is 5.91 Å². The van der Waals surface area contributed by atoms with Gasteiger partial charge >= 0.3 is 0 Å². The maximum Gasteiger partial charge on any atom is 0.224 e. The second-order valence-corrected chi connectivity index (χ2v) is 4.60. The molecule has 1 N–H and O–H groups in total. The zero-order valence-corrected chi connectivity index (χ0v) is 11.4. The lowest BCUT2D eigenvalue weighted by molar-refractivity contribution is -0.120. The summed E-state index contributed by atoms with van der Waals surface area (Å²) in [6.07, 6.45) is 0.429. The van der Waals surface area contributed by atoms with E-state index in [0.29, 0.717) is 13.0 Å². The van der Waals surface area contributed by atoms with Gasteiger partial charge in [-0.05, 0) is 36.1 Å². The van der Waals surface area contributed by atoms with E-state index in [1.54, 1.807) is 0 Å². The molecule has 0 aliphatic heterocycles. The third-order valence-corrected chi connectivity index (χ3v) is 3.18. The summed E-state index contributed by atoms with van der Waals surface area (Å²) in [4.78, 5) is 11.8. The van der Waals surface area contributed by atoms with E-state index in [0.717, 1.165) is 11.1 Å². The molecule has 0 aromatic heterocycles. The highest BCUT2D eigenvalue weighted by Gasteiger charge is 2.09. The normalized spacial score (nSPS) is 10.2. The van der Waals surface area contributed by atoms with Gasteiger partial charge in [0.15, 0.2) is 0 Å². The van der Waals surface area contributed by atoms with Gasteiger partial charge in [-0.2, -0.15) is 0 Å². The van der Waals surface area contributed by atoms with Crippen molar-refractivity contribution < 1.29 is 4.79 Å². The molecule has 0 heterocycles. The zero-order valence-electron chi connectivity index (χ0n) is 11.4. The van der Waals surface area contributed by atoms with E-state index in [-0.39, 0.29) is 5.91 Å². The summed E-state index contributed by atoms with van der Waals surface area (Å²) in [5.41, 5.74) is 4.64. The summed E-state index contributed by atoms with van der Waals surface area (Å²) in [6, 6.07) is 16.4. The Bertz CT molecular complexity index is 575. The Morgan fingerprint density at radius 3 is 2.32 bits per heavy atom. The smallest absolute Gasteiger partial charge is 0.224 e. The first-order valence-electron chi connectivity index (χ1n) is 6.63. The summed E-state index contributed by atoms with van der Waals surface area (Å²) >= 11 is 0. The van der Waals surface area contributed by atoms with Gasteiger partial charge in [-0.15, -0.1) is 0 Å². The van der Waals surface area contributed by atoms with E-state index in [4.69, 9.17) is 0 Å². The van der Waals surface area contributed by atoms with E-state index in [1.165, 1.54) is 11.1 Å². The van der Waals surface area contributed by atoms with Crippen molar-refractivity contribution in [3.63, 3.8) is 0 Å². The maximum absolute atomic E-state index is 11.8. The SMILES string of the molecule is CCNC(=O)Cc1ccccc1-c1ccccc1C. The van der Waals surface area contributed by atoms with E-state index in [9.17, 15) is 4.79 Å². The molecule has 0 atom stereocenters. The van der Waals surface area contributed by atoms with E-state index in [1.807, 2.05) is 37.3 Å². The van der Waals surface area contributed by atoms with Gasteiger partial charge in [0, 0.05) is 6.54 Å². The van der Waals surface area contributed by atoms with Crippen LogP contribution in [0.3, 0.4) is 0 Å². The number of hydrogen-bond acceptors (Lipinski definition) is 1. The standard InChI is InChI=1S/C17H19NO/c1-3-18-17(19)12-14-9-5-7-11-16(14)15-10-6-4-8-13(15)2/h4-11H,3,12H2,1-2H3,(H,18,19). The van der Waals surface area contributed by atoms with Crippen molar-refractivity contribution in [2.75, 3.05) is 6.54 Å². The molecule has 2 heteroatoms. The van der Waals surface area contributed by atoms with E-state index < -0.39 is 0 Å². The van der Waals surface area contributed by atoms with Gasteiger partial charge < -0.3 is 5.32 Å². The van der Waals surface area contributed by atoms with Gasteiger partial charge in [-0.25, -0.2) is 0 Å². The monoisotopic (exact) mass is 253 g/mol. The lowest BCUT2D eigenvalue weighted by atomic mass is 9.94. The fraction of sp³-hybridized carbons (Fsp3) is 0.235. The molecule has 2 rings (SSSR count). The van der Waals surface area contributed by atoms with Gasteiger partial charge in [0.1, 0.15) is 0 Å². The third kappa shape index (κ3) is 3.22. The van der Waals surface area contributed by atoms with E-state index >= 15 is 0 Å². The fourth-order valence-electron chi connectivity index (χ4n) is 2.24. The van der Waals surface area contributed by atoms with Gasteiger partial charge in [0.25, 0.3) is 0 Å². The van der Waals surface area contributed by atoms with Crippen molar-refractivity contribution in [3.8, 4) is 11.1 Å². The summed E-state index contributed by atoms with van der Waals surface area (Å²) in [5, 5.41) is 2.85. The van der Waals surface area contributed by atoms with Crippen molar-refractivity contribution in [1.82, 2.24) is 5.32 Å². The molecular formula is C17H19NO. The zero-order chi connectivity index (χ0) is 13.7. The van der Waals surface area contributed by atoms with Crippen molar-refractivity contribution in [2.45, 2.75) is 20.3 Å². The summed E-state index contributed by atoms with van der Waals surface area (Å²) in [7, 11) is 0. The average Bonchev–Trinajstić information content (AvgIpc) is 2.40. The number of rotatable bonds is 4. The molecule has 0 unspecified atom stereocenters. The second kappa shape index (κ2) is 6.19. The van der Waals surface area contributed by atoms with Gasteiger partial charge in [-0.1, -0.05) is 48.5 Å². The highest BCUT2D eigenvalue weighted by Crippen LogP contribution is 2.26. The van der Waals surface area contributed by atoms with Crippen molar-refractivity contribution in [2.24, 2.45) is 0 Å². The van der Waals surface area contributed by atoms with Crippen LogP contribution >= 0.6 is 0 Å². The predicted molar refractivity (Wildman–Crippen MR) is 79.0 cm³/mol. The fourth-order valence-corrected chi connectivity index (χ4v) is 2.24. The number of carbonyl (C=O) groups is 1. The lowest BCUT2D eigenvalue weighted by Crippen LogP contribution is -2.24. The van der Waals surface area contributed by atoms with Crippen LogP contribution in [0.5, 0.6) is 0 Å². The first-order valence-corrected chi connectivity index (χ1v) is 6.63. The van der Waals surface area contributed by atoms with Crippen LogP contribution in [0.25, 0.3) is 11.1 Å². The molecular weight excluding hydrogens is 234 g/mol. The minimum absolute atomic E-state index is 0.0727. The third-order valence-electron chi connectivity index (χ3n) is 3.18. The minimum atomic E-state index is 0.0727. The van der Waals surface area contributed by atoms with Crippen LogP contribution in [0, 0.1) is 6.92 Å². The molecule has 0 saturated carbocycles. The van der Waals surface area contributed by atoms with Gasteiger partial charge in [-0.3, -0.25) is 4.79 Å². The molecule has 19 heavy (non-hydrogen) atoms. The molecule has 1 amide bonds. The second-order valence-electron chi connectivity index (χ2n) is 4.60. The molecule has 98 valence electrons. The molecule has 0 fully saturated rings. The van der Waals surface area contributed by atoms with Crippen molar-refractivity contribution in [3.05, 3.63) is 59.7 Å². The number of benzene rings is 2. The number of hydrogen-bond donors (Lipinski definition) is 1. The number of likely N-dealkylation sites (N-methyl/N-ethyl adjacent to an activating group) is 1. The molecule has 2 aromatic rings. The molecule has 0 radical (unpaired) electrons. The van der Waals surface area contributed by atoms with E-state index in [2.05, 4.69) is 30.4 Å². The predicted octanol–water partition coefficient (Wildman–Crippen LogP) is 3.34. The number of amides is 1. The van der Waals surface area contributed by atoms with Crippen LogP contribution in [0.1, 0.15) is 18.1 Å². The molecule has 2 aromatic carbocycles. The van der Waals surface area contributed by atoms with Crippen molar-refractivity contribution in [1.29, 1.82) is 0 Å². The number of aryl methyl sites for hydroxylation is 1. The van der Waals surface area contributed by atoms with Crippen LogP contribution in [0.15, 0.2) is 48.5 Å². The summed E-state index contributed by atoms with van der Waals surface area (Å²) in [6.45, 7) is 4.70. The molecule has 0 bridgehead atoms. The van der Waals surface area contributed by atoms with Crippen LogP contribution in [0.2, 0.25) is 0 Å². The Labute approximate surface area is 114 Å². The minimum Gasteiger partial charge on any atom is -0.356 e. The van der Waals surface area contributed by atoms with Crippen LogP contribution in [-0.4, -0.2) is 12.5 Å². The molecule has 0 saturated heterocycles. The van der Waals surface area contributed by atoms with Crippen molar-refractivity contribution >= 4 is 5.91 Å². The molecule has 2 nitrogen and oxygen atoms in total. The highest BCUT2D eigenvalue weighted by molar-refractivity contribution is 5.82. The molecule has 0 aliphatic carbocycles. The number of carbonyl (C=O) groups excluding carboxylic acids is 1. The largest absolute Gasteiger partial charge is 0.356 e. The lowest BCUT2D eigenvalue weighted by Gasteiger charge is -2.11. The Kier molecular flexibility index (Phi) is 4.35.